The van der Waals surface area contributed by atoms with Gasteiger partial charge in [-0.15, -0.1) is 0 Å². The molecule has 1 atom stereocenters. The Bertz CT molecular complexity index is 579. The van der Waals surface area contributed by atoms with Gasteiger partial charge >= 0.3 is 5.97 Å². The van der Waals surface area contributed by atoms with E-state index in [-0.39, 0.29) is 17.4 Å². The molecule has 0 saturated carbocycles. The molecular weight excluding hydrogens is 306 g/mol. The molecule has 1 amide bonds. The zero-order valence-electron chi connectivity index (χ0n) is 15.6. The molecule has 0 aromatic heterocycles. The van der Waals surface area contributed by atoms with Crippen LogP contribution in [0, 0.1) is 5.41 Å². The minimum absolute atomic E-state index is 0.0809. The number of esters is 1. The molecule has 0 spiro atoms. The first-order valence-electron chi connectivity index (χ1n) is 8.34. The minimum atomic E-state index is -0.403. The van der Waals surface area contributed by atoms with Crippen LogP contribution >= 0.6 is 0 Å². The van der Waals surface area contributed by atoms with E-state index in [1.807, 2.05) is 6.07 Å². The number of carbonyl (C=O) groups excluding carboxylic acids is 2. The Morgan fingerprint density at radius 3 is 2.29 bits per heavy atom. The number of hydrogen-bond donors (Lipinski definition) is 1. The molecule has 0 radical (unpaired) electrons. The summed E-state index contributed by atoms with van der Waals surface area (Å²) >= 11 is 0. The molecule has 5 heteroatoms. The first-order chi connectivity index (χ1) is 11.3. The van der Waals surface area contributed by atoms with Crippen LogP contribution < -0.4 is 10.1 Å². The summed E-state index contributed by atoms with van der Waals surface area (Å²) in [5.74, 6) is 0.144. The van der Waals surface area contributed by atoms with E-state index in [2.05, 4.69) is 26.1 Å². The molecule has 1 aromatic rings. The Morgan fingerprint density at radius 1 is 1.21 bits per heavy atom. The van der Waals surface area contributed by atoms with E-state index in [4.69, 9.17) is 9.47 Å². The number of ether oxygens (including phenoxy) is 2. The average molecular weight is 335 g/mol. The van der Waals surface area contributed by atoms with E-state index in [0.717, 1.165) is 18.4 Å². The second kappa shape index (κ2) is 8.71. The van der Waals surface area contributed by atoms with Gasteiger partial charge in [-0.3, -0.25) is 4.79 Å². The van der Waals surface area contributed by atoms with Crippen molar-refractivity contribution in [1.82, 2.24) is 5.32 Å². The lowest BCUT2D eigenvalue weighted by atomic mass is 9.74. The van der Waals surface area contributed by atoms with Gasteiger partial charge in [0, 0.05) is 18.5 Å². The highest BCUT2D eigenvalue weighted by Crippen LogP contribution is 2.34. The lowest BCUT2D eigenvalue weighted by molar-refractivity contribution is -0.120. The molecule has 134 valence electrons. The van der Waals surface area contributed by atoms with Gasteiger partial charge in [0.2, 0.25) is 5.91 Å². The molecule has 0 heterocycles. The van der Waals surface area contributed by atoms with Crippen LogP contribution in [0.4, 0.5) is 0 Å². The SMILES string of the molecule is CCC(C)(CC)C(Cc1c(OC)cccc1C(=O)OC)NC(C)=O. The van der Waals surface area contributed by atoms with Crippen LogP contribution in [0.15, 0.2) is 18.2 Å². The van der Waals surface area contributed by atoms with E-state index in [1.165, 1.54) is 14.0 Å². The van der Waals surface area contributed by atoms with Crippen molar-refractivity contribution in [2.45, 2.75) is 53.0 Å². The maximum atomic E-state index is 12.1. The van der Waals surface area contributed by atoms with Crippen LogP contribution in [0.3, 0.4) is 0 Å². The number of benzene rings is 1. The summed E-state index contributed by atoms with van der Waals surface area (Å²) in [4.78, 5) is 23.8. The third-order valence-corrected chi connectivity index (χ3v) is 5.00. The van der Waals surface area contributed by atoms with Crippen LogP contribution in [0.1, 0.15) is 56.5 Å². The van der Waals surface area contributed by atoms with Crippen molar-refractivity contribution in [2.75, 3.05) is 14.2 Å². The van der Waals surface area contributed by atoms with E-state index in [1.54, 1.807) is 19.2 Å². The third-order valence-electron chi connectivity index (χ3n) is 5.00. The fraction of sp³-hybridized carbons (Fsp3) is 0.579. The molecule has 0 aliphatic heterocycles. The Hall–Kier alpha value is -2.04. The van der Waals surface area contributed by atoms with Crippen molar-refractivity contribution in [3.8, 4) is 5.75 Å². The predicted molar refractivity (Wildman–Crippen MR) is 94.3 cm³/mol. The van der Waals surface area contributed by atoms with Gasteiger partial charge in [0.1, 0.15) is 5.75 Å². The Labute approximate surface area is 144 Å². The Morgan fingerprint density at radius 2 is 1.83 bits per heavy atom. The molecule has 0 saturated heterocycles. The zero-order valence-corrected chi connectivity index (χ0v) is 15.6. The highest BCUT2D eigenvalue weighted by Gasteiger charge is 2.33. The fourth-order valence-corrected chi connectivity index (χ4v) is 2.93. The smallest absolute Gasteiger partial charge is 0.338 e. The van der Waals surface area contributed by atoms with Crippen molar-refractivity contribution in [3.05, 3.63) is 29.3 Å². The number of amides is 1. The first kappa shape index (κ1) is 20.0. The van der Waals surface area contributed by atoms with E-state index in [9.17, 15) is 9.59 Å². The number of nitrogens with one attached hydrogen (secondary N) is 1. The lowest BCUT2D eigenvalue weighted by Crippen LogP contribution is -2.47. The second-order valence-corrected chi connectivity index (χ2v) is 6.30. The van der Waals surface area contributed by atoms with E-state index < -0.39 is 5.97 Å². The predicted octanol–water partition coefficient (Wildman–Crippen LogP) is 3.36. The molecule has 1 rings (SSSR count). The number of rotatable bonds is 8. The molecule has 24 heavy (non-hydrogen) atoms. The third kappa shape index (κ3) is 4.49. The monoisotopic (exact) mass is 335 g/mol. The maximum absolute atomic E-state index is 12.1. The van der Waals surface area contributed by atoms with Gasteiger partial charge in [-0.05, 0) is 36.8 Å². The van der Waals surface area contributed by atoms with Gasteiger partial charge in [-0.2, -0.15) is 0 Å². The lowest BCUT2D eigenvalue weighted by Gasteiger charge is -2.37. The van der Waals surface area contributed by atoms with Gasteiger partial charge in [-0.25, -0.2) is 4.79 Å². The summed E-state index contributed by atoms with van der Waals surface area (Å²) < 4.78 is 10.3. The minimum Gasteiger partial charge on any atom is -0.496 e. The molecule has 1 aromatic carbocycles. The van der Waals surface area contributed by atoms with Gasteiger partial charge in [0.05, 0.1) is 19.8 Å². The number of carbonyl (C=O) groups is 2. The summed E-state index contributed by atoms with van der Waals surface area (Å²) in [5, 5.41) is 3.06. The normalized spacial score (nSPS) is 12.4. The Balaban J connectivity index is 3.36. The van der Waals surface area contributed by atoms with Crippen LogP contribution in [-0.2, 0) is 16.0 Å². The molecule has 5 nitrogen and oxygen atoms in total. The Kier molecular flexibility index (Phi) is 7.26. The first-order valence-corrected chi connectivity index (χ1v) is 8.34. The van der Waals surface area contributed by atoms with Crippen LogP contribution in [0.25, 0.3) is 0 Å². The molecule has 0 aliphatic carbocycles. The van der Waals surface area contributed by atoms with Crippen molar-refractivity contribution < 1.29 is 19.1 Å². The summed E-state index contributed by atoms with van der Waals surface area (Å²) in [7, 11) is 2.94. The van der Waals surface area contributed by atoms with Gasteiger partial charge in [0.25, 0.3) is 0 Å². The fourth-order valence-electron chi connectivity index (χ4n) is 2.93. The zero-order chi connectivity index (χ0) is 18.3. The van der Waals surface area contributed by atoms with Crippen molar-refractivity contribution >= 4 is 11.9 Å². The van der Waals surface area contributed by atoms with Crippen LogP contribution in [0.5, 0.6) is 5.75 Å². The quantitative estimate of drug-likeness (QED) is 0.740. The molecule has 0 aliphatic rings. The topological polar surface area (TPSA) is 64.6 Å². The molecular formula is C19H29NO4. The number of methoxy groups -OCH3 is 2. The van der Waals surface area contributed by atoms with Crippen molar-refractivity contribution in [1.29, 1.82) is 0 Å². The van der Waals surface area contributed by atoms with Crippen LogP contribution in [-0.4, -0.2) is 32.1 Å². The molecule has 1 unspecified atom stereocenters. The van der Waals surface area contributed by atoms with Crippen molar-refractivity contribution in [2.24, 2.45) is 5.41 Å². The van der Waals surface area contributed by atoms with Gasteiger partial charge in [0.15, 0.2) is 0 Å². The molecule has 1 N–H and O–H groups in total. The summed E-state index contributed by atoms with van der Waals surface area (Å²) in [6, 6.07) is 5.21. The summed E-state index contributed by atoms with van der Waals surface area (Å²) in [6.07, 6.45) is 2.33. The van der Waals surface area contributed by atoms with Crippen LogP contribution in [0.2, 0.25) is 0 Å². The van der Waals surface area contributed by atoms with Gasteiger partial charge < -0.3 is 14.8 Å². The average Bonchev–Trinajstić information content (AvgIpc) is 2.59. The second-order valence-electron chi connectivity index (χ2n) is 6.30. The molecule has 0 fully saturated rings. The number of hydrogen-bond acceptors (Lipinski definition) is 4. The largest absolute Gasteiger partial charge is 0.496 e. The van der Waals surface area contributed by atoms with E-state index in [0.29, 0.717) is 17.7 Å². The highest BCUT2D eigenvalue weighted by molar-refractivity contribution is 5.92. The highest BCUT2D eigenvalue weighted by atomic mass is 16.5. The molecule has 0 bridgehead atoms. The van der Waals surface area contributed by atoms with Gasteiger partial charge in [-0.1, -0.05) is 26.8 Å². The van der Waals surface area contributed by atoms with Crippen molar-refractivity contribution in [3.63, 3.8) is 0 Å². The summed E-state index contributed by atoms with van der Waals surface area (Å²) in [5.41, 5.74) is 1.15. The summed E-state index contributed by atoms with van der Waals surface area (Å²) in [6.45, 7) is 7.90. The maximum Gasteiger partial charge on any atom is 0.338 e. The van der Waals surface area contributed by atoms with E-state index >= 15 is 0 Å². The standard InChI is InChI=1S/C19H29NO4/c1-7-19(4,8-2)17(20-13(3)21)12-15-14(18(22)24-6)10-9-11-16(15)23-5/h9-11,17H,7-8,12H2,1-6H3,(H,20,21).